The van der Waals surface area contributed by atoms with Crippen molar-refractivity contribution in [1.82, 2.24) is 10.2 Å². The molecule has 120 valence electrons. The highest BCUT2D eigenvalue weighted by molar-refractivity contribution is 5.76. The summed E-state index contributed by atoms with van der Waals surface area (Å²) in [6, 6.07) is 1.33. The molecule has 3 heterocycles. The van der Waals surface area contributed by atoms with Crippen LogP contribution in [0.2, 0.25) is 0 Å². The molecule has 3 rings (SSSR count). The fraction of sp³-hybridized carbons (Fsp3) is 0.941. The van der Waals surface area contributed by atoms with Crippen LogP contribution in [0.4, 0.5) is 0 Å². The normalized spacial score (nSPS) is 37.5. The lowest BCUT2D eigenvalue weighted by Gasteiger charge is -2.47. The zero-order valence-corrected chi connectivity index (χ0v) is 13.9. The van der Waals surface area contributed by atoms with Crippen molar-refractivity contribution in [1.29, 1.82) is 0 Å². The van der Waals surface area contributed by atoms with Crippen molar-refractivity contribution in [3.05, 3.63) is 0 Å². The summed E-state index contributed by atoms with van der Waals surface area (Å²) in [6.07, 6.45) is 5.68. The van der Waals surface area contributed by atoms with Crippen molar-refractivity contribution in [2.24, 2.45) is 5.92 Å². The standard InChI is InChI=1S/C17H30N2O2/c1-16(2)10-19(11-17(3,4)21-16)15(20)9-12-7-13-5-6-14(8-12)18-13/h12-14,18H,5-11H2,1-4H3. The highest BCUT2D eigenvalue weighted by Gasteiger charge is 2.41. The highest BCUT2D eigenvalue weighted by Crippen LogP contribution is 2.34. The fourth-order valence-electron chi connectivity index (χ4n) is 4.68. The molecular formula is C17H30N2O2. The topological polar surface area (TPSA) is 41.6 Å². The van der Waals surface area contributed by atoms with E-state index in [0.717, 1.165) is 6.42 Å². The van der Waals surface area contributed by atoms with E-state index in [4.69, 9.17) is 4.74 Å². The van der Waals surface area contributed by atoms with Gasteiger partial charge in [0, 0.05) is 31.6 Å². The summed E-state index contributed by atoms with van der Waals surface area (Å²) in [5, 5.41) is 3.65. The van der Waals surface area contributed by atoms with Gasteiger partial charge in [-0.05, 0) is 59.3 Å². The lowest BCUT2D eigenvalue weighted by atomic mass is 9.88. The Kier molecular flexibility index (Phi) is 3.81. The van der Waals surface area contributed by atoms with Crippen molar-refractivity contribution in [3.63, 3.8) is 0 Å². The van der Waals surface area contributed by atoms with Crippen LogP contribution in [0.15, 0.2) is 0 Å². The molecule has 0 spiro atoms. The molecule has 1 N–H and O–H groups in total. The Morgan fingerprint density at radius 1 is 1.10 bits per heavy atom. The van der Waals surface area contributed by atoms with Gasteiger partial charge in [-0.15, -0.1) is 0 Å². The first kappa shape index (κ1) is 15.3. The number of nitrogens with zero attached hydrogens (tertiary/aromatic N) is 1. The second-order valence-corrected chi connectivity index (χ2v) is 8.55. The molecule has 3 fully saturated rings. The van der Waals surface area contributed by atoms with Gasteiger partial charge >= 0.3 is 0 Å². The molecule has 0 aromatic rings. The van der Waals surface area contributed by atoms with Crippen LogP contribution in [0.3, 0.4) is 0 Å². The van der Waals surface area contributed by atoms with Crippen molar-refractivity contribution in [3.8, 4) is 0 Å². The molecule has 0 aromatic heterocycles. The first-order valence-corrected chi connectivity index (χ1v) is 8.46. The molecule has 21 heavy (non-hydrogen) atoms. The van der Waals surface area contributed by atoms with E-state index in [9.17, 15) is 4.79 Å². The second kappa shape index (κ2) is 5.24. The van der Waals surface area contributed by atoms with Crippen molar-refractivity contribution in [2.45, 2.75) is 83.1 Å². The molecule has 4 nitrogen and oxygen atoms in total. The Labute approximate surface area is 128 Å². The van der Waals surface area contributed by atoms with Gasteiger partial charge in [-0.25, -0.2) is 0 Å². The number of hydrogen-bond acceptors (Lipinski definition) is 3. The quantitative estimate of drug-likeness (QED) is 0.850. The Balaban J connectivity index is 1.60. The molecule has 0 aromatic carbocycles. The van der Waals surface area contributed by atoms with Crippen LogP contribution >= 0.6 is 0 Å². The SMILES string of the molecule is CC1(C)CN(C(=O)CC2CC3CCC(C2)N3)CC(C)(C)O1. The molecule has 3 aliphatic rings. The summed E-state index contributed by atoms with van der Waals surface area (Å²) in [7, 11) is 0. The average molecular weight is 294 g/mol. The monoisotopic (exact) mass is 294 g/mol. The Morgan fingerprint density at radius 2 is 1.62 bits per heavy atom. The average Bonchev–Trinajstić information content (AvgIpc) is 2.64. The van der Waals surface area contributed by atoms with Crippen LogP contribution in [0.1, 0.15) is 59.8 Å². The van der Waals surface area contributed by atoms with E-state index in [1.54, 1.807) is 0 Å². The van der Waals surface area contributed by atoms with Crippen LogP contribution in [0.25, 0.3) is 0 Å². The summed E-state index contributed by atoms with van der Waals surface area (Å²) >= 11 is 0. The molecule has 2 unspecified atom stereocenters. The molecule has 0 radical (unpaired) electrons. The number of amides is 1. The van der Waals surface area contributed by atoms with Crippen LogP contribution < -0.4 is 5.32 Å². The summed E-state index contributed by atoms with van der Waals surface area (Å²) in [5.41, 5.74) is -0.491. The van der Waals surface area contributed by atoms with E-state index in [-0.39, 0.29) is 11.2 Å². The fourth-order valence-corrected chi connectivity index (χ4v) is 4.68. The number of hydrogen-bond donors (Lipinski definition) is 1. The smallest absolute Gasteiger partial charge is 0.223 e. The molecule has 0 aliphatic carbocycles. The molecule has 3 aliphatic heterocycles. The third kappa shape index (κ3) is 3.59. The maximum atomic E-state index is 12.7. The highest BCUT2D eigenvalue weighted by atomic mass is 16.5. The van der Waals surface area contributed by atoms with Gasteiger partial charge in [-0.2, -0.15) is 0 Å². The number of carbonyl (C=O) groups is 1. The van der Waals surface area contributed by atoms with Gasteiger partial charge in [-0.1, -0.05) is 0 Å². The zero-order chi connectivity index (χ0) is 15.3. The third-order valence-electron chi connectivity index (χ3n) is 5.08. The second-order valence-electron chi connectivity index (χ2n) is 8.55. The van der Waals surface area contributed by atoms with Gasteiger partial charge in [-0.3, -0.25) is 4.79 Å². The molecule has 0 saturated carbocycles. The number of piperidine rings is 1. The Bertz CT molecular complexity index is 391. The first-order chi connectivity index (χ1) is 9.72. The summed E-state index contributed by atoms with van der Waals surface area (Å²) in [6.45, 7) is 9.76. The van der Waals surface area contributed by atoms with E-state index in [1.807, 2.05) is 4.90 Å². The van der Waals surface area contributed by atoms with Gasteiger partial charge in [0.15, 0.2) is 0 Å². The van der Waals surface area contributed by atoms with Crippen LogP contribution in [0, 0.1) is 5.92 Å². The first-order valence-electron chi connectivity index (χ1n) is 8.46. The van der Waals surface area contributed by atoms with Crippen LogP contribution in [-0.4, -0.2) is 47.2 Å². The van der Waals surface area contributed by atoms with E-state index in [2.05, 4.69) is 33.0 Å². The zero-order valence-electron chi connectivity index (χ0n) is 13.9. The number of ether oxygens (including phenoxy) is 1. The molecular weight excluding hydrogens is 264 g/mol. The van der Waals surface area contributed by atoms with Crippen molar-refractivity contribution >= 4 is 5.91 Å². The molecule has 2 bridgehead atoms. The van der Waals surface area contributed by atoms with Crippen LogP contribution in [0.5, 0.6) is 0 Å². The van der Waals surface area contributed by atoms with Crippen LogP contribution in [-0.2, 0) is 9.53 Å². The lowest BCUT2D eigenvalue weighted by molar-refractivity contribution is -0.188. The number of carbonyl (C=O) groups excluding carboxylic acids is 1. The molecule has 3 saturated heterocycles. The van der Waals surface area contributed by atoms with E-state index in [0.29, 0.717) is 37.0 Å². The summed E-state index contributed by atoms with van der Waals surface area (Å²) in [4.78, 5) is 14.8. The molecule has 1 amide bonds. The van der Waals surface area contributed by atoms with Gasteiger partial charge < -0.3 is 15.0 Å². The molecule has 2 atom stereocenters. The largest absolute Gasteiger partial charge is 0.366 e. The summed E-state index contributed by atoms with van der Waals surface area (Å²) in [5.74, 6) is 0.899. The van der Waals surface area contributed by atoms with Gasteiger partial charge in [0.05, 0.1) is 11.2 Å². The Morgan fingerprint density at radius 3 is 2.14 bits per heavy atom. The van der Waals surface area contributed by atoms with Gasteiger partial charge in [0.1, 0.15) is 0 Å². The summed E-state index contributed by atoms with van der Waals surface area (Å²) < 4.78 is 6.07. The maximum Gasteiger partial charge on any atom is 0.223 e. The predicted octanol–water partition coefficient (Wildman–Crippen LogP) is 2.32. The van der Waals surface area contributed by atoms with Gasteiger partial charge in [0.25, 0.3) is 0 Å². The Hall–Kier alpha value is -0.610. The minimum Gasteiger partial charge on any atom is -0.366 e. The number of morpholine rings is 1. The van der Waals surface area contributed by atoms with Crippen molar-refractivity contribution < 1.29 is 9.53 Å². The minimum atomic E-state index is -0.245. The number of rotatable bonds is 2. The lowest BCUT2D eigenvalue weighted by Crippen LogP contribution is -2.58. The predicted molar refractivity (Wildman–Crippen MR) is 83.1 cm³/mol. The van der Waals surface area contributed by atoms with E-state index < -0.39 is 0 Å². The third-order valence-corrected chi connectivity index (χ3v) is 5.08. The molecule has 4 heteroatoms. The van der Waals surface area contributed by atoms with Gasteiger partial charge in [0.2, 0.25) is 5.91 Å². The minimum absolute atomic E-state index is 0.245. The number of nitrogens with one attached hydrogen (secondary N) is 1. The van der Waals surface area contributed by atoms with E-state index >= 15 is 0 Å². The maximum absolute atomic E-state index is 12.7. The van der Waals surface area contributed by atoms with E-state index in [1.165, 1.54) is 25.7 Å². The van der Waals surface area contributed by atoms with Crippen molar-refractivity contribution in [2.75, 3.05) is 13.1 Å². The number of fused-ring (bicyclic) bond motifs is 2.